The molecule has 2 rings (SSSR count). The number of carboxylic acids is 1. The predicted molar refractivity (Wildman–Crippen MR) is 78.7 cm³/mol. The molecule has 0 spiro atoms. The van der Waals surface area contributed by atoms with Crippen molar-refractivity contribution < 1.29 is 24.4 Å². The van der Waals surface area contributed by atoms with E-state index in [2.05, 4.69) is 15.9 Å². The number of carbonyl (C=O) groups excluding carboxylic acids is 1. The van der Waals surface area contributed by atoms with Gasteiger partial charge in [0, 0.05) is 17.1 Å². The Morgan fingerprint density at radius 2 is 2.14 bits per heavy atom. The van der Waals surface area contributed by atoms with Crippen LogP contribution in [-0.4, -0.2) is 52.1 Å². The lowest BCUT2D eigenvalue weighted by atomic mass is 10.1. The maximum atomic E-state index is 12.5. The average Bonchev–Trinajstić information content (AvgIpc) is 2.45. The molecule has 0 radical (unpaired) electrons. The van der Waals surface area contributed by atoms with Gasteiger partial charge in [0.15, 0.2) is 6.10 Å². The fourth-order valence-electron chi connectivity index (χ4n) is 2.26. The molecular formula is C13H13BrN2O6. The maximum Gasteiger partial charge on any atom is 0.334 e. The van der Waals surface area contributed by atoms with Gasteiger partial charge in [0.05, 0.1) is 17.6 Å². The molecule has 1 amide bonds. The number of ether oxygens (including phenoxy) is 1. The van der Waals surface area contributed by atoms with Gasteiger partial charge >= 0.3 is 5.97 Å². The molecule has 9 heteroatoms. The van der Waals surface area contributed by atoms with Gasteiger partial charge in [-0.3, -0.25) is 14.9 Å². The topological polar surface area (TPSA) is 110 Å². The van der Waals surface area contributed by atoms with Gasteiger partial charge in [-0.15, -0.1) is 0 Å². The lowest BCUT2D eigenvalue weighted by Gasteiger charge is -2.34. The molecule has 1 heterocycles. The molecule has 1 aromatic carbocycles. The van der Waals surface area contributed by atoms with Crippen LogP contribution in [0.15, 0.2) is 22.7 Å². The average molecular weight is 373 g/mol. The predicted octanol–water partition coefficient (Wildman–Crippen LogP) is 1.67. The highest BCUT2D eigenvalue weighted by Crippen LogP contribution is 2.26. The SMILES string of the molecule is C[C@@H]1CN(C(=O)c2ccc(Br)cc2[N+](=O)[O-])CC(C(=O)O)O1. The Morgan fingerprint density at radius 1 is 1.45 bits per heavy atom. The Bertz CT molecular complexity index is 635. The summed E-state index contributed by atoms with van der Waals surface area (Å²) in [5, 5.41) is 20.1. The number of rotatable bonds is 3. The molecule has 1 aromatic rings. The summed E-state index contributed by atoms with van der Waals surface area (Å²) in [4.78, 5) is 35.3. The molecule has 1 saturated heterocycles. The molecule has 1 unspecified atom stereocenters. The Labute approximate surface area is 133 Å². The summed E-state index contributed by atoms with van der Waals surface area (Å²) in [5.74, 6) is -1.75. The monoisotopic (exact) mass is 372 g/mol. The van der Waals surface area contributed by atoms with E-state index in [0.29, 0.717) is 4.47 Å². The van der Waals surface area contributed by atoms with E-state index in [0.717, 1.165) is 0 Å². The molecule has 1 N–H and O–H groups in total. The number of carbonyl (C=O) groups is 2. The second-order valence-electron chi connectivity index (χ2n) is 4.90. The van der Waals surface area contributed by atoms with Crippen molar-refractivity contribution in [3.63, 3.8) is 0 Å². The van der Waals surface area contributed by atoms with E-state index in [-0.39, 0.29) is 24.3 Å². The molecule has 0 aliphatic carbocycles. The number of nitro benzene ring substituents is 1. The van der Waals surface area contributed by atoms with E-state index in [1.807, 2.05) is 0 Å². The number of amides is 1. The van der Waals surface area contributed by atoms with Gasteiger partial charge < -0.3 is 14.7 Å². The van der Waals surface area contributed by atoms with Gasteiger partial charge in [-0.1, -0.05) is 15.9 Å². The first-order valence-electron chi connectivity index (χ1n) is 6.41. The van der Waals surface area contributed by atoms with Crippen LogP contribution < -0.4 is 0 Å². The first-order chi connectivity index (χ1) is 10.3. The molecule has 0 saturated carbocycles. The zero-order valence-corrected chi connectivity index (χ0v) is 13.1. The highest BCUT2D eigenvalue weighted by atomic mass is 79.9. The number of morpholine rings is 1. The summed E-state index contributed by atoms with van der Waals surface area (Å²) < 4.78 is 5.71. The van der Waals surface area contributed by atoms with Crippen molar-refractivity contribution in [2.24, 2.45) is 0 Å². The molecule has 118 valence electrons. The number of aliphatic carboxylic acids is 1. The lowest BCUT2D eigenvalue weighted by Crippen LogP contribution is -2.51. The lowest BCUT2D eigenvalue weighted by molar-refractivity contribution is -0.385. The fourth-order valence-corrected chi connectivity index (χ4v) is 2.61. The number of nitrogens with zero attached hydrogens (tertiary/aromatic N) is 2. The fraction of sp³-hybridized carbons (Fsp3) is 0.385. The summed E-state index contributed by atoms with van der Waals surface area (Å²) in [6.07, 6.45) is -1.60. The molecule has 22 heavy (non-hydrogen) atoms. The van der Waals surface area contributed by atoms with E-state index in [4.69, 9.17) is 9.84 Å². The number of halogens is 1. The first-order valence-corrected chi connectivity index (χ1v) is 7.20. The van der Waals surface area contributed by atoms with Crippen molar-refractivity contribution in [1.82, 2.24) is 4.90 Å². The number of hydrogen-bond donors (Lipinski definition) is 1. The standard InChI is InChI=1S/C13H13BrN2O6/c1-7-5-15(6-11(22-7)13(18)19)12(17)9-3-2-8(14)4-10(9)16(20)21/h2-4,7,11H,5-6H2,1H3,(H,18,19)/t7-,11?/m1/s1. The van der Waals surface area contributed by atoms with Crippen molar-refractivity contribution in [3.05, 3.63) is 38.3 Å². The second-order valence-corrected chi connectivity index (χ2v) is 5.82. The smallest absolute Gasteiger partial charge is 0.334 e. The number of hydrogen-bond acceptors (Lipinski definition) is 5. The number of benzene rings is 1. The van der Waals surface area contributed by atoms with Gasteiger partial charge in [0.2, 0.25) is 0 Å². The van der Waals surface area contributed by atoms with Gasteiger partial charge in [-0.25, -0.2) is 4.79 Å². The van der Waals surface area contributed by atoms with Crippen LogP contribution >= 0.6 is 15.9 Å². The number of carboxylic acid groups (broad SMARTS) is 1. The molecular weight excluding hydrogens is 360 g/mol. The summed E-state index contributed by atoms with van der Waals surface area (Å²) in [6, 6.07) is 4.12. The van der Waals surface area contributed by atoms with Crippen LogP contribution in [0.2, 0.25) is 0 Å². The third kappa shape index (κ3) is 3.42. The van der Waals surface area contributed by atoms with Crippen LogP contribution in [0, 0.1) is 10.1 Å². The van der Waals surface area contributed by atoms with Crippen molar-refractivity contribution in [2.45, 2.75) is 19.1 Å². The van der Waals surface area contributed by atoms with E-state index in [1.165, 1.54) is 23.1 Å². The van der Waals surface area contributed by atoms with E-state index >= 15 is 0 Å². The van der Waals surface area contributed by atoms with E-state index in [1.54, 1.807) is 6.92 Å². The van der Waals surface area contributed by atoms with Crippen molar-refractivity contribution >= 4 is 33.5 Å². The second kappa shape index (κ2) is 6.41. The van der Waals surface area contributed by atoms with Gasteiger partial charge in [0.1, 0.15) is 5.56 Å². The highest BCUT2D eigenvalue weighted by Gasteiger charge is 2.35. The van der Waals surface area contributed by atoms with Crippen molar-refractivity contribution in [1.29, 1.82) is 0 Å². The van der Waals surface area contributed by atoms with Crippen LogP contribution in [-0.2, 0) is 9.53 Å². The van der Waals surface area contributed by atoms with Crippen LogP contribution in [0.1, 0.15) is 17.3 Å². The zero-order chi connectivity index (χ0) is 16.4. The quantitative estimate of drug-likeness (QED) is 0.638. The summed E-state index contributed by atoms with van der Waals surface area (Å²) >= 11 is 3.12. The largest absolute Gasteiger partial charge is 0.479 e. The first kappa shape index (κ1) is 16.4. The zero-order valence-electron chi connectivity index (χ0n) is 11.6. The van der Waals surface area contributed by atoms with Crippen LogP contribution in [0.4, 0.5) is 5.69 Å². The Morgan fingerprint density at radius 3 is 2.73 bits per heavy atom. The van der Waals surface area contributed by atoms with Gasteiger partial charge in [-0.2, -0.15) is 0 Å². The summed E-state index contributed by atoms with van der Waals surface area (Å²) in [7, 11) is 0. The third-order valence-electron chi connectivity index (χ3n) is 3.21. The Balaban J connectivity index is 2.31. The molecule has 2 atom stereocenters. The Hall–Kier alpha value is -2.00. The Kier molecular flexibility index (Phi) is 4.77. The molecule has 0 bridgehead atoms. The van der Waals surface area contributed by atoms with Crippen LogP contribution in [0.25, 0.3) is 0 Å². The summed E-state index contributed by atoms with van der Waals surface area (Å²) in [6.45, 7) is 1.67. The minimum atomic E-state index is -1.17. The minimum absolute atomic E-state index is 0.0774. The molecule has 1 aliphatic rings. The van der Waals surface area contributed by atoms with E-state index in [9.17, 15) is 19.7 Å². The minimum Gasteiger partial charge on any atom is -0.479 e. The maximum absolute atomic E-state index is 12.5. The normalized spacial score (nSPS) is 21.5. The van der Waals surface area contributed by atoms with E-state index < -0.39 is 29.0 Å². The third-order valence-corrected chi connectivity index (χ3v) is 3.70. The molecule has 1 fully saturated rings. The molecule has 0 aromatic heterocycles. The van der Waals surface area contributed by atoms with Crippen molar-refractivity contribution in [2.75, 3.05) is 13.1 Å². The highest BCUT2D eigenvalue weighted by molar-refractivity contribution is 9.10. The molecule has 1 aliphatic heterocycles. The van der Waals surface area contributed by atoms with Crippen LogP contribution in [0.3, 0.4) is 0 Å². The summed E-state index contributed by atoms with van der Waals surface area (Å²) in [5.41, 5.74) is -0.406. The van der Waals surface area contributed by atoms with Gasteiger partial charge in [-0.05, 0) is 19.1 Å². The number of nitro groups is 1. The van der Waals surface area contributed by atoms with Gasteiger partial charge in [0.25, 0.3) is 11.6 Å². The molecule has 8 nitrogen and oxygen atoms in total. The van der Waals surface area contributed by atoms with Crippen LogP contribution in [0.5, 0.6) is 0 Å². The van der Waals surface area contributed by atoms with Crippen molar-refractivity contribution in [3.8, 4) is 0 Å².